The van der Waals surface area contributed by atoms with Gasteiger partial charge in [-0.2, -0.15) is 4.31 Å². The molecule has 146 valence electrons. The lowest BCUT2D eigenvalue weighted by Gasteiger charge is -2.31. The van der Waals surface area contributed by atoms with E-state index in [-0.39, 0.29) is 16.7 Å². The summed E-state index contributed by atoms with van der Waals surface area (Å²) in [7, 11) is -3.60. The fraction of sp³-hybridized carbons (Fsp3) is 0.611. The van der Waals surface area contributed by atoms with Gasteiger partial charge in [0.15, 0.2) is 0 Å². The van der Waals surface area contributed by atoms with Crippen molar-refractivity contribution in [3.63, 3.8) is 0 Å². The Morgan fingerprint density at radius 1 is 1.31 bits per heavy atom. The van der Waals surface area contributed by atoms with Crippen LogP contribution in [-0.4, -0.2) is 51.4 Å². The van der Waals surface area contributed by atoms with Gasteiger partial charge < -0.3 is 15.4 Å². The summed E-state index contributed by atoms with van der Waals surface area (Å²) in [4.78, 5) is 12.7. The summed E-state index contributed by atoms with van der Waals surface area (Å²) >= 11 is 0. The van der Waals surface area contributed by atoms with Crippen molar-refractivity contribution in [1.82, 2.24) is 9.62 Å². The Morgan fingerprint density at radius 2 is 1.96 bits per heavy atom. The monoisotopic (exact) mass is 383 g/mol. The van der Waals surface area contributed by atoms with E-state index >= 15 is 0 Å². The minimum absolute atomic E-state index is 0.130. The lowest BCUT2D eigenvalue weighted by Crippen LogP contribution is -2.48. The molecule has 1 aliphatic heterocycles. The Labute approximate surface area is 156 Å². The van der Waals surface area contributed by atoms with Gasteiger partial charge in [-0.05, 0) is 44.1 Å². The molecule has 1 amide bonds. The highest BCUT2D eigenvalue weighted by Crippen LogP contribution is 2.30. The second-order valence-electron chi connectivity index (χ2n) is 6.38. The number of nitrogens with zero attached hydrogens (tertiary/aromatic N) is 1. The summed E-state index contributed by atoms with van der Waals surface area (Å²) in [5.41, 5.74) is 0.393. The zero-order valence-corrected chi connectivity index (χ0v) is 16.7. The van der Waals surface area contributed by atoms with Gasteiger partial charge in [-0.3, -0.25) is 4.79 Å². The summed E-state index contributed by atoms with van der Waals surface area (Å²) in [5.74, 6) is 0.482. The van der Waals surface area contributed by atoms with Crippen LogP contribution in [0.15, 0.2) is 23.1 Å². The van der Waals surface area contributed by atoms with Crippen LogP contribution < -0.4 is 15.4 Å². The predicted octanol–water partition coefficient (Wildman–Crippen LogP) is 1.91. The maximum atomic E-state index is 12.8. The zero-order chi connectivity index (χ0) is 19.3. The predicted molar refractivity (Wildman–Crippen MR) is 102 cm³/mol. The topological polar surface area (TPSA) is 87.7 Å². The molecule has 1 aromatic carbocycles. The molecule has 1 aromatic rings. The van der Waals surface area contributed by atoms with Gasteiger partial charge in [0.1, 0.15) is 5.75 Å². The van der Waals surface area contributed by atoms with Crippen LogP contribution in [0.25, 0.3) is 0 Å². The van der Waals surface area contributed by atoms with Crippen molar-refractivity contribution in [2.75, 3.05) is 38.1 Å². The van der Waals surface area contributed by atoms with Crippen molar-refractivity contribution < 1.29 is 17.9 Å². The highest BCUT2D eigenvalue weighted by Gasteiger charge is 2.30. The number of ether oxygens (including phenoxy) is 1. The third-order valence-corrected chi connectivity index (χ3v) is 6.83. The van der Waals surface area contributed by atoms with Crippen molar-refractivity contribution in [2.45, 2.75) is 32.6 Å². The number of rotatable bonds is 9. The number of carbonyl (C=O) groups is 1. The molecule has 1 unspecified atom stereocenters. The van der Waals surface area contributed by atoms with Crippen LogP contribution in [0.2, 0.25) is 0 Å². The molecule has 1 fully saturated rings. The molecule has 0 saturated carbocycles. The van der Waals surface area contributed by atoms with Crippen LogP contribution in [-0.2, 0) is 14.8 Å². The van der Waals surface area contributed by atoms with E-state index in [0.29, 0.717) is 37.1 Å². The number of carbonyl (C=O) groups excluding carboxylic acids is 1. The van der Waals surface area contributed by atoms with Crippen molar-refractivity contribution in [3.05, 3.63) is 18.2 Å². The van der Waals surface area contributed by atoms with Crippen molar-refractivity contribution in [2.24, 2.45) is 11.8 Å². The normalized spacial score (nSPS) is 16.2. The first-order valence-electron chi connectivity index (χ1n) is 9.13. The molecule has 0 aromatic heterocycles. The Hall–Kier alpha value is -1.64. The highest BCUT2D eigenvalue weighted by molar-refractivity contribution is 7.89. The lowest BCUT2D eigenvalue weighted by atomic mass is 9.88. The molecular formula is C18H29N3O4S. The number of benzene rings is 1. The van der Waals surface area contributed by atoms with E-state index in [1.165, 1.54) is 16.4 Å². The maximum absolute atomic E-state index is 12.8. The molecule has 2 N–H and O–H groups in total. The smallest absolute Gasteiger partial charge is 0.243 e. The molecule has 8 heteroatoms. The third-order valence-electron chi connectivity index (χ3n) is 4.79. The van der Waals surface area contributed by atoms with E-state index in [9.17, 15) is 13.2 Å². The summed E-state index contributed by atoms with van der Waals surface area (Å²) in [5, 5.41) is 6.01. The number of anilines is 1. The summed E-state index contributed by atoms with van der Waals surface area (Å²) in [6, 6.07) is 4.61. The van der Waals surface area contributed by atoms with E-state index in [2.05, 4.69) is 10.6 Å². The molecule has 1 atom stereocenters. The SMILES string of the molecule is CCOc1ccc(S(=O)(=O)N(CC)CC)cc1NC(=O)C(C)C1CNC1. The molecule has 0 aliphatic carbocycles. The van der Waals surface area contributed by atoms with Crippen LogP contribution in [0.3, 0.4) is 0 Å². The molecule has 0 bridgehead atoms. The summed E-state index contributed by atoms with van der Waals surface area (Å²) < 4.78 is 32.5. The van der Waals surface area contributed by atoms with E-state index in [4.69, 9.17) is 4.74 Å². The number of hydrogen-bond donors (Lipinski definition) is 2. The zero-order valence-electron chi connectivity index (χ0n) is 15.9. The second-order valence-corrected chi connectivity index (χ2v) is 8.31. The highest BCUT2D eigenvalue weighted by atomic mass is 32.2. The molecule has 1 saturated heterocycles. The van der Waals surface area contributed by atoms with Gasteiger partial charge in [-0.1, -0.05) is 20.8 Å². The van der Waals surface area contributed by atoms with E-state index in [1.54, 1.807) is 19.9 Å². The van der Waals surface area contributed by atoms with Gasteiger partial charge >= 0.3 is 0 Å². The third kappa shape index (κ3) is 4.36. The molecule has 2 rings (SSSR count). The van der Waals surface area contributed by atoms with E-state index in [0.717, 1.165) is 13.1 Å². The largest absolute Gasteiger partial charge is 0.492 e. The quantitative estimate of drug-likeness (QED) is 0.680. The standard InChI is InChI=1S/C18H29N3O4S/c1-5-21(6-2)26(23,24)15-8-9-17(25-7-3)16(10-15)20-18(22)13(4)14-11-19-12-14/h8-10,13-14,19H,5-7,11-12H2,1-4H3,(H,20,22). The van der Waals surface area contributed by atoms with Crippen molar-refractivity contribution in [1.29, 1.82) is 0 Å². The first-order chi connectivity index (χ1) is 12.3. The number of sulfonamides is 1. The number of nitrogens with one attached hydrogen (secondary N) is 2. The van der Waals surface area contributed by atoms with Crippen LogP contribution in [0, 0.1) is 11.8 Å². The van der Waals surface area contributed by atoms with Crippen LogP contribution in [0.1, 0.15) is 27.7 Å². The Morgan fingerprint density at radius 3 is 2.46 bits per heavy atom. The first kappa shape index (κ1) is 20.7. The van der Waals surface area contributed by atoms with E-state index in [1.807, 2.05) is 13.8 Å². The molecule has 1 aliphatic rings. The van der Waals surface area contributed by atoms with Crippen molar-refractivity contribution >= 4 is 21.6 Å². The molecule has 7 nitrogen and oxygen atoms in total. The average molecular weight is 384 g/mol. The van der Waals surface area contributed by atoms with Crippen LogP contribution in [0.5, 0.6) is 5.75 Å². The summed E-state index contributed by atoms with van der Waals surface area (Å²) in [6.45, 7) is 10.2. The minimum atomic E-state index is -3.60. The first-order valence-corrected chi connectivity index (χ1v) is 10.6. The molecular weight excluding hydrogens is 354 g/mol. The molecule has 0 radical (unpaired) electrons. The maximum Gasteiger partial charge on any atom is 0.243 e. The van der Waals surface area contributed by atoms with Gasteiger partial charge in [-0.15, -0.1) is 0 Å². The molecule has 26 heavy (non-hydrogen) atoms. The van der Waals surface area contributed by atoms with Gasteiger partial charge in [0, 0.05) is 19.0 Å². The van der Waals surface area contributed by atoms with Crippen molar-refractivity contribution in [3.8, 4) is 5.75 Å². The molecule has 1 heterocycles. The van der Waals surface area contributed by atoms with Crippen LogP contribution >= 0.6 is 0 Å². The van der Waals surface area contributed by atoms with Gasteiger partial charge in [-0.25, -0.2) is 8.42 Å². The second kappa shape index (κ2) is 8.83. The average Bonchev–Trinajstić information content (AvgIpc) is 2.55. The fourth-order valence-electron chi connectivity index (χ4n) is 2.89. The summed E-state index contributed by atoms with van der Waals surface area (Å²) in [6.07, 6.45) is 0. The number of amides is 1. The Kier molecular flexibility index (Phi) is 7.02. The molecule has 0 spiro atoms. The number of hydrogen-bond acceptors (Lipinski definition) is 5. The van der Waals surface area contributed by atoms with Gasteiger partial charge in [0.05, 0.1) is 17.2 Å². The Bertz CT molecular complexity index is 728. The van der Waals surface area contributed by atoms with Gasteiger partial charge in [0.2, 0.25) is 15.9 Å². The van der Waals surface area contributed by atoms with E-state index < -0.39 is 10.0 Å². The van der Waals surface area contributed by atoms with Crippen LogP contribution in [0.4, 0.5) is 5.69 Å². The lowest BCUT2D eigenvalue weighted by molar-refractivity contribution is -0.121. The van der Waals surface area contributed by atoms with Gasteiger partial charge in [0.25, 0.3) is 0 Å². The fourth-order valence-corrected chi connectivity index (χ4v) is 4.37. The minimum Gasteiger partial charge on any atom is -0.492 e. The Balaban J connectivity index is 2.31.